The maximum absolute atomic E-state index is 12.2. The van der Waals surface area contributed by atoms with Crippen LogP contribution >= 0.6 is 11.8 Å². The van der Waals surface area contributed by atoms with E-state index >= 15 is 0 Å². The number of anilines is 2. The van der Waals surface area contributed by atoms with E-state index in [9.17, 15) is 24.5 Å². The number of carbonyl (C=O) groups excluding carboxylic acids is 3. The molecular formula is C19H17N3O6S. The number of amides is 2. The van der Waals surface area contributed by atoms with Crippen LogP contribution in [0.5, 0.6) is 0 Å². The highest BCUT2D eigenvalue weighted by Gasteiger charge is 2.27. The number of benzene rings is 2. The molecule has 9 nitrogen and oxygen atoms in total. The minimum absolute atomic E-state index is 0.0865. The van der Waals surface area contributed by atoms with Gasteiger partial charge in [-0.2, -0.15) is 0 Å². The zero-order chi connectivity index (χ0) is 21.0. The average Bonchev–Trinajstić information content (AvgIpc) is 2.70. The molecule has 10 heteroatoms. The van der Waals surface area contributed by atoms with Gasteiger partial charge in [-0.25, -0.2) is 0 Å². The van der Waals surface area contributed by atoms with Gasteiger partial charge in [0.15, 0.2) is 6.61 Å². The molecule has 1 N–H and O–H groups in total. The molecule has 0 aromatic heterocycles. The molecule has 3 rings (SSSR count). The van der Waals surface area contributed by atoms with Gasteiger partial charge in [0.25, 0.3) is 11.6 Å². The summed E-state index contributed by atoms with van der Waals surface area (Å²) in [6, 6.07) is 11.2. The number of rotatable bonds is 6. The van der Waals surface area contributed by atoms with Gasteiger partial charge in [-0.05, 0) is 30.7 Å². The lowest BCUT2D eigenvalue weighted by atomic mass is 10.2. The number of non-ortho nitro benzene ring substituents is 1. The van der Waals surface area contributed by atoms with Crippen LogP contribution in [-0.2, 0) is 19.1 Å². The molecule has 0 saturated carbocycles. The van der Waals surface area contributed by atoms with Gasteiger partial charge in [0, 0.05) is 22.7 Å². The number of nitro groups is 1. The fourth-order valence-corrected chi connectivity index (χ4v) is 3.67. The van der Waals surface area contributed by atoms with Gasteiger partial charge in [0.1, 0.15) is 6.54 Å². The van der Waals surface area contributed by atoms with E-state index in [1.54, 1.807) is 19.1 Å². The zero-order valence-corrected chi connectivity index (χ0v) is 16.2. The summed E-state index contributed by atoms with van der Waals surface area (Å²) >= 11 is 1.40. The number of para-hydroxylation sites is 1. The average molecular weight is 415 g/mol. The van der Waals surface area contributed by atoms with E-state index in [-0.39, 0.29) is 23.9 Å². The second-order valence-corrected chi connectivity index (χ2v) is 7.22. The molecule has 0 bridgehead atoms. The van der Waals surface area contributed by atoms with Crippen molar-refractivity contribution >= 4 is 46.6 Å². The van der Waals surface area contributed by atoms with Crippen molar-refractivity contribution in [1.82, 2.24) is 0 Å². The monoisotopic (exact) mass is 415 g/mol. The Hall–Kier alpha value is -3.40. The molecule has 0 saturated heterocycles. The first-order valence-electron chi connectivity index (χ1n) is 8.58. The number of esters is 1. The first-order valence-corrected chi connectivity index (χ1v) is 9.56. The van der Waals surface area contributed by atoms with Gasteiger partial charge in [-0.15, -0.1) is 11.8 Å². The molecule has 1 heterocycles. The Morgan fingerprint density at radius 2 is 2.03 bits per heavy atom. The van der Waals surface area contributed by atoms with Crippen LogP contribution in [0.2, 0.25) is 0 Å². The Kier molecular flexibility index (Phi) is 6.13. The van der Waals surface area contributed by atoms with E-state index < -0.39 is 23.4 Å². The topological polar surface area (TPSA) is 119 Å². The van der Waals surface area contributed by atoms with E-state index in [0.717, 1.165) is 4.90 Å². The Morgan fingerprint density at radius 3 is 2.76 bits per heavy atom. The minimum atomic E-state index is -0.712. The Labute approximate surface area is 170 Å². The van der Waals surface area contributed by atoms with Crippen LogP contribution in [0.15, 0.2) is 47.4 Å². The van der Waals surface area contributed by atoms with E-state index in [2.05, 4.69) is 5.32 Å². The summed E-state index contributed by atoms with van der Waals surface area (Å²) in [6.45, 7) is 0.792. The number of thioether (sulfide) groups is 1. The molecule has 0 aliphatic carbocycles. The van der Waals surface area contributed by atoms with Crippen LogP contribution < -0.4 is 10.2 Å². The third kappa shape index (κ3) is 4.91. The molecule has 150 valence electrons. The molecule has 1 aliphatic rings. The maximum Gasteiger partial charge on any atom is 0.326 e. The van der Waals surface area contributed by atoms with Crippen LogP contribution in [0.4, 0.5) is 17.1 Å². The SMILES string of the molecule is Cc1cc([N+](=O)[O-])ccc1NC(=O)COC(=O)CN1C(=O)CSc2ccccc21. The van der Waals surface area contributed by atoms with Crippen molar-refractivity contribution < 1.29 is 24.0 Å². The molecule has 0 spiro atoms. The molecule has 0 fully saturated rings. The summed E-state index contributed by atoms with van der Waals surface area (Å²) < 4.78 is 4.98. The predicted molar refractivity (Wildman–Crippen MR) is 107 cm³/mol. The Morgan fingerprint density at radius 1 is 1.28 bits per heavy atom. The minimum Gasteiger partial charge on any atom is -0.454 e. The van der Waals surface area contributed by atoms with Crippen LogP contribution in [0, 0.1) is 17.0 Å². The fraction of sp³-hybridized carbons (Fsp3) is 0.211. The lowest BCUT2D eigenvalue weighted by molar-refractivity contribution is -0.384. The van der Waals surface area contributed by atoms with Crippen LogP contribution in [0.1, 0.15) is 5.56 Å². The van der Waals surface area contributed by atoms with Gasteiger partial charge in [0.05, 0.1) is 16.4 Å². The number of hydrogen-bond acceptors (Lipinski definition) is 7. The normalized spacial score (nSPS) is 12.9. The summed E-state index contributed by atoms with van der Waals surface area (Å²) in [5, 5.41) is 13.3. The number of hydrogen-bond donors (Lipinski definition) is 1. The number of nitrogens with zero attached hydrogens (tertiary/aromatic N) is 2. The smallest absolute Gasteiger partial charge is 0.326 e. The second-order valence-electron chi connectivity index (χ2n) is 6.20. The lowest BCUT2D eigenvalue weighted by Crippen LogP contribution is -2.40. The van der Waals surface area contributed by atoms with Crippen molar-refractivity contribution in [3.8, 4) is 0 Å². The highest BCUT2D eigenvalue weighted by atomic mass is 32.2. The number of ether oxygens (including phenoxy) is 1. The summed E-state index contributed by atoms with van der Waals surface area (Å²) in [4.78, 5) is 48.8. The summed E-state index contributed by atoms with van der Waals surface area (Å²) in [6.07, 6.45) is 0. The van der Waals surface area contributed by atoms with Crippen LogP contribution in [0.3, 0.4) is 0 Å². The Balaban J connectivity index is 1.55. The summed E-state index contributed by atoms with van der Waals surface area (Å²) in [5.74, 6) is -1.28. The van der Waals surface area contributed by atoms with E-state index in [1.165, 1.54) is 34.9 Å². The number of nitro benzene ring substituents is 1. The fourth-order valence-electron chi connectivity index (χ4n) is 2.74. The third-order valence-electron chi connectivity index (χ3n) is 4.15. The largest absolute Gasteiger partial charge is 0.454 e. The number of nitrogens with one attached hydrogen (secondary N) is 1. The molecule has 29 heavy (non-hydrogen) atoms. The Bertz CT molecular complexity index is 994. The number of carbonyl (C=O) groups is 3. The first kappa shape index (κ1) is 20.3. The number of fused-ring (bicyclic) bond motifs is 1. The van der Waals surface area contributed by atoms with Crippen molar-refractivity contribution in [2.45, 2.75) is 11.8 Å². The molecule has 2 aromatic rings. The molecular weight excluding hydrogens is 398 g/mol. The van der Waals surface area contributed by atoms with E-state index in [4.69, 9.17) is 4.74 Å². The first-order chi connectivity index (χ1) is 13.8. The number of aryl methyl sites for hydroxylation is 1. The molecule has 0 atom stereocenters. The highest BCUT2D eigenvalue weighted by molar-refractivity contribution is 8.00. The molecule has 1 aliphatic heterocycles. The van der Waals surface area contributed by atoms with Gasteiger partial charge >= 0.3 is 5.97 Å². The molecule has 2 amide bonds. The van der Waals surface area contributed by atoms with Gasteiger partial charge in [-0.1, -0.05) is 12.1 Å². The van der Waals surface area contributed by atoms with Gasteiger partial charge in [-0.3, -0.25) is 29.4 Å². The third-order valence-corrected chi connectivity index (χ3v) is 5.20. The van der Waals surface area contributed by atoms with Crippen molar-refractivity contribution in [1.29, 1.82) is 0 Å². The molecule has 0 radical (unpaired) electrons. The van der Waals surface area contributed by atoms with Crippen LogP contribution in [-0.4, -0.2) is 41.6 Å². The van der Waals surface area contributed by atoms with E-state index in [0.29, 0.717) is 16.9 Å². The van der Waals surface area contributed by atoms with E-state index in [1.807, 2.05) is 12.1 Å². The highest BCUT2D eigenvalue weighted by Crippen LogP contribution is 2.34. The summed E-state index contributed by atoms with van der Waals surface area (Å²) in [7, 11) is 0. The lowest BCUT2D eigenvalue weighted by Gasteiger charge is -2.27. The molecule has 2 aromatic carbocycles. The zero-order valence-electron chi connectivity index (χ0n) is 15.4. The van der Waals surface area contributed by atoms with Crippen molar-refractivity contribution in [3.05, 3.63) is 58.1 Å². The van der Waals surface area contributed by atoms with Crippen molar-refractivity contribution in [3.63, 3.8) is 0 Å². The predicted octanol–water partition coefficient (Wildman–Crippen LogP) is 2.52. The van der Waals surface area contributed by atoms with Gasteiger partial charge in [0.2, 0.25) is 5.91 Å². The van der Waals surface area contributed by atoms with Crippen molar-refractivity contribution in [2.75, 3.05) is 29.1 Å². The maximum atomic E-state index is 12.2. The van der Waals surface area contributed by atoms with Crippen LogP contribution in [0.25, 0.3) is 0 Å². The van der Waals surface area contributed by atoms with Crippen molar-refractivity contribution in [2.24, 2.45) is 0 Å². The second kappa shape index (κ2) is 8.74. The quantitative estimate of drug-likeness (QED) is 0.437. The summed E-state index contributed by atoms with van der Waals surface area (Å²) in [5.41, 5.74) is 1.44. The molecule has 0 unspecified atom stereocenters. The standard InChI is InChI=1S/C19H17N3O6S/c1-12-8-13(22(26)27)6-7-14(12)20-17(23)10-28-19(25)9-21-15-4-2-3-5-16(15)29-11-18(21)24/h2-8H,9-11H2,1H3,(H,20,23). The van der Waals surface area contributed by atoms with Gasteiger partial charge < -0.3 is 10.1 Å².